The van der Waals surface area contributed by atoms with Crippen LogP contribution < -0.4 is 10.6 Å². The maximum Gasteiger partial charge on any atom is 0.321 e. The Morgan fingerprint density at radius 3 is 2.76 bits per heavy atom. The van der Waals surface area contributed by atoms with Gasteiger partial charge < -0.3 is 5.32 Å². The highest BCUT2D eigenvalue weighted by molar-refractivity contribution is 8.00. The molecule has 2 aromatic heterocycles. The van der Waals surface area contributed by atoms with E-state index in [1.165, 1.54) is 18.1 Å². The number of benzene rings is 1. The lowest BCUT2D eigenvalue weighted by Crippen LogP contribution is -2.40. The number of para-hydroxylation sites is 1. The Labute approximate surface area is 148 Å². The minimum absolute atomic E-state index is 0.0692. The van der Waals surface area contributed by atoms with E-state index < -0.39 is 11.9 Å². The minimum Gasteiger partial charge on any atom is -0.338 e. The first kappa shape index (κ1) is 16.9. The molecule has 0 fully saturated rings. The number of hydrogen-bond acceptors (Lipinski definition) is 6. The van der Waals surface area contributed by atoms with Crippen molar-refractivity contribution in [2.45, 2.75) is 11.9 Å². The second kappa shape index (κ2) is 7.75. The molecule has 0 unspecified atom stereocenters. The Kier molecular flexibility index (Phi) is 5.24. The van der Waals surface area contributed by atoms with Crippen LogP contribution in [0.15, 0.2) is 47.9 Å². The zero-order chi connectivity index (χ0) is 17.6. The molecular weight excluding hydrogens is 340 g/mol. The van der Waals surface area contributed by atoms with Crippen molar-refractivity contribution in [1.29, 1.82) is 0 Å². The summed E-state index contributed by atoms with van der Waals surface area (Å²) in [6.07, 6.45) is 3.11. The van der Waals surface area contributed by atoms with E-state index in [-0.39, 0.29) is 5.75 Å². The molecule has 0 saturated heterocycles. The zero-order valence-corrected chi connectivity index (χ0v) is 14.3. The average molecular weight is 356 g/mol. The zero-order valence-electron chi connectivity index (χ0n) is 13.5. The molecule has 128 valence electrons. The molecule has 2 heterocycles. The topological polar surface area (TPSA) is 102 Å². The number of carbonyl (C=O) groups excluding carboxylic acids is 2. The van der Waals surface area contributed by atoms with Crippen LogP contribution in [0.2, 0.25) is 0 Å². The molecule has 0 aliphatic carbocycles. The highest BCUT2D eigenvalue weighted by Gasteiger charge is 2.13. The molecule has 1 aromatic carbocycles. The van der Waals surface area contributed by atoms with Crippen LogP contribution >= 0.6 is 11.8 Å². The SMILES string of the molecule is CCNC(=O)NC(=O)CSc1ncnc2c1cnn2-c1ccccc1. The summed E-state index contributed by atoms with van der Waals surface area (Å²) in [7, 11) is 0. The summed E-state index contributed by atoms with van der Waals surface area (Å²) in [5.41, 5.74) is 1.55. The van der Waals surface area contributed by atoms with Crippen LogP contribution in [0.1, 0.15) is 6.92 Å². The quantitative estimate of drug-likeness (QED) is 0.533. The van der Waals surface area contributed by atoms with Gasteiger partial charge in [-0.3, -0.25) is 10.1 Å². The fraction of sp³-hybridized carbons (Fsp3) is 0.188. The number of urea groups is 1. The molecule has 0 spiro atoms. The van der Waals surface area contributed by atoms with Crippen molar-refractivity contribution >= 4 is 34.7 Å². The van der Waals surface area contributed by atoms with Gasteiger partial charge in [-0.25, -0.2) is 19.4 Å². The van der Waals surface area contributed by atoms with Gasteiger partial charge in [-0.05, 0) is 19.1 Å². The van der Waals surface area contributed by atoms with Crippen LogP contribution in [0.3, 0.4) is 0 Å². The average Bonchev–Trinajstić information content (AvgIpc) is 3.05. The van der Waals surface area contributed by atoms with E-state index in [0.29, 0.717) is 17.2 Å². The Morgan fingerprint density at radius 2 is 2.00 bits per heavy atom. The van der Waals surface area contributed by atoms with Crippen LogP contribution in [0.25, 0.3) is 16.7 Å². The van der Waals surface area contributed by atoms with Crippen molar-refractivity contribution in [2.24, 2.45) is 0 Å². The molecule has 9 heteroatoms. The molecule has 0 radical (unpaired) electrons. The van der Waals surface area contributed by atoms with Gasteiger partial charge in [0.05, 0.1) is 23.0 Å². The predicted octanol–water partition coefficient (Wildman–Crippen LogP) is 1.75. The Balaban J connectivity index is 1.76. The van der Waals surface area contributed by atoms with Crippen molar-refractivity contribution in [2.75, 3.05) is 12.3 Å². The van der Waals surface area contributed by atoms with Crippen LogP contribution in [0, 0.1) is 0 Å². The molecule has 3 aromatic rings. The van der Waals surface area contributed by atoms with Gasteiger partial charge in [0, 0.05) is 6.54 Å². The van der Waals surface area contributed by atoms with E-state index in [2.05, 4.69) is 25.7 Å². The summed E-state index contributed by atoms with van der Waals surface area (Å²) in [6.45, 7) is 2.23. The van der Waals surface area contributed by atoms with Gasteiger partial charge in [0.2, 0.25) is 5.91 Å². The second-order valence-electron chi connectivity index (χ2n) is 5.00. The van der Waals surface area contributed by atoms with E-state index in [1.807, 2.05) is 30.3 Å². The molecule has 0 bridgehead atoms. The number of nitrogens with zero attached hydrogens (tertiary/aromatic N) is 4. The Morgan fingerprint density at radius 1 is 1.20 bits per heavy atom. The molecular formula is C16H16N6O2S. The largest absolute Gasteiger partial charge is 0.338 e. The fourth-order valence-electron chi connectivity index (χ4n) is 2.20. The summed E-state index contributed by atoms with van der Waals surface area (Å²) < 4.78 is 1.72. The standard InChI is InChI=1S/C16H16N6O2S/c1-2-17-16(24)21-13(23)9-25-15-12-8-20-22(14(12)18-10-19-15)11-6-4-3-5-7-11/h3-8,10H,2,9H2,1H3,(H2,17,21,23,24). The summed E-state index contributed by atoms with van der Waals surface area (Å²) in [6, 6.07) is 9.13. The predicted molar refractivity (Wildman–Crippen MR) is 94.6 cm³/mol. The number of imide groups is 1. The summed E-state index contributed by atoms with van der Waals surface area (Å²) in [5, 5.41) is 10.5. The van der Waals surface area contributed by atoms with Crippen molar-refractivity contribution in [3.8, 4) is 5.69 Å². The molecule has 3 amide bonds. The number of nitrogens with one attached hydrogen (secondary N) is 2. The first-order valence-corrected chi connectivity index (χ1v) is 8.62. The van der Waals surface area contributed by atoms with Crippen LogP contribution in [-0.2, 0) is 4.79 Å². The lowest BCUT2D eigenvalue weighted by molar-refractivity contribution is -0.117. The fourth-order valence-corrected chi connectivity index (χ4v) is 2.96. The molecule has 3 rings (SSSR count). The molecule has 0 saturated carbocycles. The first-order valence-electron chi connectivity index (χ1n) is 7.63. The number of aromatic nitrogens is 4. The minimum atomic E-state index is -0.502. The van der Waals surface area contributed by atoms with E-state index in [9.17, 15) is 9.59 Å². The third kappa shape index (κ3) is 3.94. The first-order chi connectivity index (χ1) is 12.2. The molecule has 0 atom stereocenters. The van der Waals surface area contributed by atoms with Gasteiger partial charge in [-0.15, -0.1) is 0 Å². The van der Waals surface area contributed by atoms with E-state index in [1.54, 1.807) is 17.8 Å². The van der Waals surface area contributed by atoms with Gasteiger partial charge in [-0.2, -0.15) is 5.10 Å². The number of rotatable bonds is 5. The molecule has 25 heavy (non-hydrogen) atoms. The van der Waals surface area contributed by atoms with Crippen molar-refractivity contribution in [1.82, 2.24) is 30.4 Å². The maximum absolute atomic E-state index is 11.8. The van der Waals surface area contributed by atoms with Gasteiger partial charge in [0.1, 0.15) is 11.4 Å². The third-order valence-corrected chi connectivity index (χ3v) is 4.27. The lowest BCUT2D eigenvalue weighted by atomic mass is 10.3. The van der Waals surface area contributed by atoms with E-state index >= 15 is 0 Å². The molecule has 0 aliphatic rings. The van der Waals surface area contributed by atoms with E-state index in [0.717, 1.165) is 11.1 Å². The van der Waals surface area contributed by atoms with Crippen LogP contribution in [-0.4, -0.2) is 44.0 Å². The number of thioether (sulfide) groups is 1. The summed E-state index contributed by atoms with van der Waals surface area (Å²) >= 11 is 1.23. The number of hydrogen-bond donors (Lipinski definition) is 2. The Bertz CT molecular complexity index is 896. The van der Waals surface area contributed by atoms with Gasteiger partial charge in [-0.1, -0.05) is 30.0 Å². The lowest BCUT2D eigenvalue weighted by Gasteiger charge is -2.05. The maximum atomic E-state index is 11.8. The highest BCUT2D eigenvalue weighted by Crippen LogP contribution is 2.25. The monoisotopic (exact) mass is 356 g/mol. The summed E-state index contributed by atoms with van der Waals surface area (Å²) in [5.74, 6) is -0.321. The van der Waals surface area contributed by atoms with Crippen molar-refractivity contribution < 1.29 is 9.59 Å². The molecule has 8 nitrogen and oxygen atoms in total. The molecule has 2 N–H and O–H groups in total. The second-order valence-corrected chi connectivity index (χ2v) is 5.97. The Hall–Kier alpha value is -2.94. The van der Waals surface area contributed by atoms with Gasteiger partial charge in [0.25, 0.3) is 0 Å². The van der Waals surface area contributed by atoms with Gasteiger partial charge in [0.15, 0.2) is 5.65 Å². The van der Waals surface area contributed by atoms with Crippen molar-refractivity contribution in [3.05, 3.63) is 42.9 Å². The van der Waals surface area contributed by atoms with E-state index in [4.69, 9.17) is 0 Å². The van der Waals surface area contributed by atoms with Crippen LogP contribution in [0.5, 0.6) is 0 Å². The van der Waals surface area contributed by atoms with Crippen LogP contribution in [0.4, 0.5) is 4.79 Å². The summed E-state index contributed by atoms with van der Waals surface area (Å²) in [4.78, 5) is 31.7. The van der Waals surface area contributed by atoms with Gasteiger partial charge >= 0.3 is 6.03 Å². The third-order valence-electron chi connectivity index (χ3n) is 3.26. The number of carbonyl (C=O) groups is 2. The van der Waals surface area contributed by atoms with Crippen molar-refractivity contribution in [3.63, 3.8) is 0 Å². The molecule has 0 aliphatic heterocycles. The normalized spacial score (nSPS) is 10.6. The number of fused-ring (bicyclic) bond motifs is 1. The number of amides is 3. The smallest absolute Gasteiger partial charge is 0.321 e. The highest BCUT2D eigenvalue weighted by atomic mass is 32.2.